The smallest absolute Gasteiger partial charge is 0.286 e. The molecule has 6 nitrogen and oxygen atoms in total. The number of hydrogen-bond donors (Lipinski definition) is 2. The van der Waals surface area contributed by atoms with Gasteiger partial charge in [0, 0.05) is 5.39 Å². The molecule has 0 saturated heterocycles. The predicted molar refractivity (Wildman–Crippen MR) is 81.9 cm³/mol. The molecule has 1 amide bonds. The molecule has 10 heteroatoms. The van der Waals surface area contributed by atoms with Crippen molar-refractivity contribution < 1.29 is 30.8 Å². The molecule has 0 saturated carbocycles. The Morgan fingerprint density at radius 1 is 1.04 bits per heavy atom. The van der Waals surface area contributed by atoms with Gasteiger partial charge >= 0.3 is 0 Å². The number of nitrogens with two attached hydrogens (primary N) is 1. The summed E-state index contributed by atoms with van der Waals surface area (Å²) in [5.41, 5.74) is 4.98. The van der Waals surface area contributed by atoms with E-state index in [0.29, 0.717) is 12.1 Å². The van der Waals surface area contributed by atoms with E-state index in [1.807, 2.05) is 4.72 Å². The van der Waals surface area contributed by atoms with Gasteiger partial charge in [-0.1, -0.05) is 12.1 Å². The first-order chi connectivity index (χ1) is 11.7. The number of furan rings is 1. The Morgan fingerprint density at radius 2 is 1.72 bits per heavy atom. The van der Waals surface area contributed by atoms with Crippen LogP contribution >= 0.6 is 0 Å². The zero-order valence-electron chi connectivity index (χ0n) is 12.2. The van der Waals surface area contributed by atoms with Crippen LogP contribution in [0.2, 0.25) is 0 Å². The summed E-state index contributed by atoms with van der Waals surface area (Å²) in [7, 11) is -4.70. The Hall–Kier alpha value is -3.01. The SMILES string of the molecule is NC(=O)c1oc2ccccc2c1NS(=O)(=O)c1ccc(F)c(F)c1F. The van der Waals surface area contributed by atoms with E-state index in [1.54, 1.807) is 12.1 Å². The Balaban J connectivity index is 2.17. The number of primary amides is 1. The largest absolute Gasteiger partial charge is 0.449 e. The van der Waals surface area contributed by atoms with Crippen molar-refractivity contribution in [3.8, 4) is 0 Å². The fourth-order valence-electron chi connectivity index (χ4n) is 2.23. The molecule has 3 N–H and O–H groups in total. The summed E-state index contributed by atoms with van der Waals surface area (Å²) < 4.78 is 72.0. The van der Waals surface area contributed by atoms with Crippen LogP contribution in [0.5, 0.6) is 0 Å². The van der Waals surface area contributed by atoms with Crippen LogP contribution < -0.4 is 10.5 Å². The first-order valence-electron chi connectivity index (χ1n) is 6.70. The Morgan fingerprint density at radius 3 is 2.40 bits per heavy atom. The minimum absolute atomic E-state index is 0.153. The maximum Gasteiger partial charge on any atom is 0.286 e. The second-order valence-electron chi connectivity index (χ2n) is 4.95. The number of carbonyl (C=O) groups is 1. The monoisotopic (exact) mass is 370 g/mol. The van der Waals surface area contributed by atoms with Crippen LogP contribution in [-0.2, 0) is 10.0 Å². The van der Waals surface area contributed by atoms with Crippen LogP contribution in [0.1, 0.15) is 10.6 Å². The van der Waals surface area contributed by atoms with Crippen LogP contribution in [0.15, 0.2) is 45.7 Å². The van der Waals surface area contributed by atoms with Crippen molar-refractivity contribution >= 4 is 32.6 Å². The molecule has 0 fully saturated rings. The Labute approximate surface area is 139 Å². The lowest BCUT2D eigenvalue weighted by molar-refractivity contribution is 0.0977. The summed E-state index contributed by atoms with van der Waals surface area (Å²) in [4.78, 5) is 10.4. The van der Waals surface area contributed by atoms with Crippen molar-refractivity contribution in [2.45, 2.75) is 4.90 Å². The molecule has 0 radical (unpaired) electrons. The van der Waals surface area contributed by atoms with E-state index in [9.17, 15) is 26.4 Å². The molecule has 3 rings (SSSR count). The number of sulfonamides is 1. The lowest BCUT2D eigenvalue weighted by Gasteiger charge is -2.09. The molecule has 2 aromatic carbocycles. The van der Waals surface area contributed by atoms with E-state index >= 15 is 0 Å². The van der Waals surface area contributed by atoms with Gasteiger partial charge < -0.3 is 10.2 Å². The van der Waals surface area contributed by atoms with E-state index < -0.39 is 44.0 Å². The van der Waals surface area contributed by atoms with Crippen molar-refractivity contribution in [1.29, 1.82) is 0 Å². The number of para-hydroxylation sites is 1. The summed E-state index contributed by atoms with van der Waals surface area (Å²) in [6, 6.07) is 7.03. The molecule has 25 heavy (non-hydrogen) atoms. The quantitative estimate of drug-likeness (QED) is 0.689. The highest BCUT2D eigenvalue weighted by Crippen LogP contribution is 2.33. The maximum atomic E-state index is 13.8. The molecular weight excluding hydrogens is 361 g/mol. The van der Waals surface area contributed by atoms with Gasteiger partial charge in [-0.25, -0.2) is 21.6 Å². The summed E-state index contributed by atoms with van der Waals surface area (Å²) in [6.45, 7) is 0. The Kier molecular flexibility index (Phi) is 3.91. The molecule has 0 aliphatic carbocycles. The highest BCUT2D eigenvalue weighted by molar-refractivity contribution is 7.92. The number of carbonyl (C=O) groups excluding carboxylic acids is 1. The van der Waals surface area contributed by atoms with Crippen LogP contribution in [0, 0.1) is 17.5 Å². The number of halogens is 3. The van der Waals surface area contributed by atoms with E-state index in [-0.39, 0.29) is 16.7 Å². The third kappa shape index (κ3) is 2.80. The lowest BCUT2D eigenvalue weighted by Crippen LogP contribution is -2.19. The zero-order valence-corrected chi connectivity index (χ0v) is 13.0. The molecular formula is C15H9F3N2O4S. The minimum Gasteiger partial charge on any atom is -0.449 e. The molecule has 0 spiro atoms. The summed E-state index contributed by atoms with van der Waals surface area (Å²) in [6.07, 6.45) is 0. The second-order valence-corrected chi connectivity index (χ2v) is 6.60. The number of hydrogen-bond acceptors (Lipinski definition) is 4. The van der Waals surface area contributed by atoms with Crippen molar-refractivity contribution in [2.24, 2.45) is 5.73 Å². The number of fused-ring (bicyclic) bond motifs is 1. The molecule has 0 atom stereocenters. The van der Waals surface area contributed by atoms with Gasteiger partial charge in [-0.15, -0.1) is 0 Å². The molecule has 0 aliphatic rings. The van der Waals surface area contributed by atoms with Gasteiger partial charge in [0.1, 0.15) is 16.2 Å². The normalized spacial score (nSPS) is 11.6. The van der Waals surface area contributed by atoms with Crippen LogP contribution in [-0.4, -0.2) is 14.3 Å². The highest BCUT2D eigenvalue weighted by Gasteiger charge is 2.28. The molecule has 0 bridgehead atoms. The molecule has 130 valence electrons. The average molecular weight is 370 g/mol. The van der Waals surface area contributed by atoms with E-state index in [0.717, 1.165) is 0 Å². The van der Waals surface area contributed by atoms with Gasteiger partial charge in [0.25, 0.3) is 15.9 Å². The number of nitrogens with one attached hydrogen (secondary N) is 1. The summed E-state index contributed by atoms with van der Waals surface area (Å²) in [5, 5.41) is 0.183. The summed E-state index contributed by atoms with van der Waals surface area (Å²) in [5.74, 6) is -6.94. The maximum absolute atomic E-state index is 13.8. The van der Waals surface area contributed by atoms with E-state index in [2.05, 4.69) is 0 Å². The van der Waals surface area contributed by atoms with Crippen molar-refractivity contribution in [2.75, 3.05) is 4.72 Å². The number of amides is 1. The highest BCUT2D eigenvalue weighted by atomic mass is 32.2. The molecule has 1 heterocycles. The third-order valence-electron chi connectivity index (χ3n) is 3.34. The van der Waals surface area contributed by atoms with Gasteiger partial charge in [-0.2, -0.15) is 0 Å². The second kappa shape index (κ2) is 5.81. The van der Waals surface area contributed by atoms with Gasteiger partial charge in [-0.05, 0) is 24.3 Å². The first kappa shape index (κ1) is 16.8. The molecule has 0 aliphatic heterocycles. The van der Waals surface area contributed by atoms with Crippen LogP contribution in [0.4, 0.5) is 18.9 Å². The lowest BCUT2D eigenvalue weighted by atomic mass is 10.2. The number of rotatable bonds is 4. The average Bonchev–Trinajstić information content (AvgIpc) is 2.91. The van der Waals surface area contributed by atoms with Gasteiger partial charge in [0.15, 0.2) is 17.5 Å². The van der Waals surface area contributed by atoms with E-state index in [1.165, 1.54) is 12.1 Å². The fraction of sp³-hybridized carbons (Fsp3) is 0. The summed E-state index contributed by atoms with van der Waals surface area (Å²) >= 11 is 0. The van der Waals surface area contributed by atoms with Crippen molar-refractivity contribution in [3.63, 3.8) is 0 Å². The van der Waals surface area contributed by atoms with Gasteiger partial charge in [0.2, 0.25) is 5.76 Å². The fourth-order valence-corrected chi connectivity index (χ4v) is 3.38. The standard InChI is InChI=1S/C15H9F3N2O4S/c16-8-5-6-10(12(18)11(8)17)25(22,23)20-13-7-3-1-2-4-9(7)24-14(13)15(19)21/h1-6,20H,(H2,19,21). The van der Waals surface area contributed by atoms with E-state index in [4.69, 9.17) is 10.2 Å². The topological polar surface area (TPSA) is 102 Å². The van der Waals surface area contributed by atoms with Crippen LogP contribution in [0.25, 0.3) is 11.0 Å². The third-order valence-corrected chi connectivity index (χ3v) is 4.71. The molecule has 3 aromatic rings. The number of benzene rings is 2. The van der Waals surface area contributed by atoms with Gasteiger partial charge in [-0.3, -0.25) is 9.52 Å². The minimum atomic E-state index is -4.70. The number of anilines is 1. The molecule has 1 aromatic heterocycles. The van der Waals surface area contributed by atoms with Crippen LogP contribution in [0.3, 0.4) is 0 Å². The Bertz CT molecular complexity index is 1110. The first-order valence-corrected chi connectivity index (χ1v) is 8.18. The van der Waals surface area contributed by atoms with Crippen molar-refractivity contribution in [1.82, 2.24) is 0 Å². The van der Waals surface area contributed by atoms with Crippen molar-refractivity contribution in [3.05, 3.63) is 59.6 Å². The van der Waals surface area contributed by atoms with Gasteiger partial charge in [0.05, 0.1) is 0 Å². The molecule has 0 unspecified atom stereocenters. The zero-order chi connectivity index (χ0) is 18.4. The predicted octanol–water partition coefficient (Wildman–Crippen LogP) is 2.75.